The highest BCUT2D eigenvalue weighted by atomic mass is 16.5. The molecule has 36 heavy (non-hydrogen) atoms. The predicted molar refractivity (Wildman–Crippen MR) is 130 cm³/mol. The third kappa shape index (κ3) is 4.55. The Morgan fingerprint density at radius 1 is 1.36 bits per heavy atom. The van der Waals surface area contributed by atoms with E-state index >= 15 is 0 Å². The first-order valence-electron chi connectivity index (χ1n) is 11.7. The van der Waals surface area contributed by atoms with Crippen LogP contribution in [0.15, 0.2) is 72.4 Å². The van der Waals surface area contributed by atoms with Crippen LogP contribution in [0.4, 0.5) is 5.69 Å². The Kier molecular flexibility index (Phi) is 6.45. The molecule has 0 spiro atoms. The maximum absolute atomic E-state index is 12.8. The Morgan fingerprint density at radius 3 is 3.03 bits per heavy atom. The average molecular weight is 487 g/mol. The van der Waals surface area contributed by atoms with Gasteiger partial charge in [0.15, 0.2) is 0 Å². The number of methoxy groups -OCH3 is 1. The van der Waals surface area contributed by atoms with E-state index in [0.29, 0.717) is 35.8 Å². The lowest BCUT2D eigenvalue weighted by atomic mass is 10.0. The average Bonchev–Trinajstić information content (AvgIpc) is 3.57. The molecule has 3 aliphatic rings. The number of aryl methyl sites for hydroxylation is 1. The van der Waals surface area contributed by atoms with Gasteiger partial charge in [-0.05, 0) is 31.1 Å². The molecule has 184 valence electrons. The van der Waals surface area contributed by atoms with Gasteiger partial charge >= 0.3 is 0 Å². The molecule has 10 nitrogen and oxygen atoms in total. The summed E-state index contributed by atoms with van der Waals surface area (Å²) in [5.41, 5.74) is 2.57. The molecule has 0 N–H and O–H groups in total. The van der Waals surface area contributed by atoms with Crippen LogP contribution in [-0.4, -0.2) is 51.9 Å². The molecule has 5 rings (SSSR count). The van der Waals surface area contributed by atoms with Gasteiger partial charge in [0.1, 0.15) is 41.2 Å². The lowest BCUT2D eigenvalue weighted by Crippen LogP contribution is -2.31. The van der Waals surface area contributed by atoms with Crippen LogP contribution in [0, 0.1) is 11.3 Å². The van der Waals surface area contributed by atoms with Gasteiger partial charge in [0, 0.05) is 38.0 Å². The van der Waals surface area contributed by atoms with Crippen molar-refractivity contribution in [1.82, 2.24) is 19.7 Å². The van der Waals surface area contributed by atoms with Gasteiger partial charge in [-0.25, -0.2) is 4.98 Å². The number of aromatic nitrogens is 3. The number of likely N-dealkylation sites (tertiary alicyclic amines) is 1. The van der Waals surface area contributed by atoms with E-state index in [-0.39, 0.29) is 17.9 Å². The van der Waals surface area contributed by atoms with E-state index in [2.05, 4.69) is 22.2 Å². The summed E-state index contributed by atoms with van der Waals surface area (Å²) in [5, 5.41) is 13.5. The van der Waals surface area contributed by atoms with Crippen LogP contribution in [0.1, 0.15) is 35.3 Å². The highest BCUT2D eigenvalue weighted by molar-refractivity contribution is 5.92. The zero-order valence-electron chi connectivity index (χ0n) is 20.1. The molecule has 0 unspecified atom stereocenters. The van der Waals surface area contributed by atoms with Gasteiger partial charge in [-0.15, -0.1) is 0 Å². The number of nitriles is 1. The molecule has 1 fully saturated rings. The maximum atomic E-state index is 12.8. The van der Waals surface area contributed by atoms with Crippen LogP contribution < -0.4 is 9.64 Å². The van der Waals surface area contributed by atoms with Crippen LogP contribution in [0.3, 0.4) is 0 Å². The van der Waals surface area contributed by atoms with Gasteiger partial charge in [0.05, 0.1) is 31.7 Å². The molecule has 1 aliphatic carbocycles. The Hall–Kier alpha value is -4.52. The minimum absolute atomic E-state index is 0.0431. The Balaban J connectivity index is 1.34. The van der Waals surface area contributed by atoms with Crippen LogP contribution in [0.5, 0.6) is 5.88 Å². The fraction of sp³-hybridized carbons (Fsp3) is 0.308. The molecule has 1 atom stereocenters. The second-order valence-electron chi connectivity index (χ2n) is 8.57. The Bertz CT molecular complexity index is 1330. The van der Waals surface area contributed by atoms with E-state index in [9.17, 15) is 10.1 Å². The van der Waals surface area contributed by atoms with Crippen molar-refractivity contribution in [1.29, 1.82) is 5.26 Å². The standard InChI is InChI=1S/C26H26N6O4/c1-30-22(7-9-29-30)26(33)32-10-8-20(16-32)36-23-6-4-3-5-21(23)24-17-31(11-12-35-24)19-13-18(14-27)25(34-2)28-15-19/h4,6-7,9,11-13,15,17,20H,3,5,8,10,16H2,1-2H3/t20-/m0/s1. The molecule has 2 aromatic rings. The van der Waals surface area contributed by atoms with Crippen LogP contribution >= 0.6 is 0 Å². The van der Waals surface area contributed by atoms with Crippen molar-refractivity contribution in [3.63, 3.8) is 0 Å². The third-order valence-electron chi connectivity index (χ3n) is 6.31. The molecular formula is C26H26N6O4. The highest BCUT2D eigenvalue weighted by Gasteiger charge is 2.31. The van der Waals surface area contributed by atoms with Crippen molar-refractivity contribution >= 4 is 11.6 Å². The molecule has 2 aromatic heterocycles. The molecule has 0 aromatic carbocycles. The van der Waals surface area contributed by atoms with Crippen molar-refractivity contribution in [3.05, 3.63) is 83.7 Å². The normalized spacial score (nSPS) is 19.1. The number of carbonyl (C=O) groups is 1. The molecule has 4 heterocycles. The van der Waals surface area contributed by atoms with E-state index in [1.54, 1.807) is 53.6 Å². The van der Waals surface area contributed by atoms with Gasteiger partial charge < -0.3 is 24.0 Å². The molecular weight excluding hydrogens is 460 g/mol. The molecule has 0 radical (unpaired) electrons. The van der Waals surface area contributed by atoms with Gasteiger partial charge in [0.2, 0.25) is 5.88 Å². The van der Waals surface area contributed by atoms with E-state index in [1.165, 1.54) is 7.11 Å². The quantitative estimate of drug-likeness (QED) is 0.612. The smallest absolute Gasteiger partial charge is 0.272 e. The lowest BCUT2D eigenvalue weighted by molar-refractivity contribution is 0.0732. The summed E-state index contributed by atoms with van der Waals surface area (Å²) in [7, 11) is 3.25. The van der Waals surface area contributed by atoms with Crippen molar-refractivity contribution < 1.29 is 19.0 Å². The monoisotopic (exact) mass is 486 g/mol. The van der Waals surface area contributed by atoms with Crippen LogP contribution in [-0.2, 0) is 16.5 Å². The zero-order valence-corrected chi connectivity index (χ0v) is 20.1. The van der Waals surface area contributed by atoms with Crippen molar-refractivity contribution in [3.8, 4) is 11.9 Å². The Morgan fingerprint density at radius 2 is 2.25 bits per heavy atom. The Labute approximate surface area is 209 Å². The number of nitrogens with zero attached hydrogens (tertiary/aromatic N) is 6. The van der Waals surface area contributed by atoms with Crippen molar-refractivity contribution in [2.45, 2.75) is 25.4 Å². The SMILES string of the molecule is COc1ncc(N2C=COC(C3=C(O[C@H]4CCN(C(=O)c5ccnn5C)C4)C=CCC3)=C2)cc1C#N. The first kappa shape index (κ1) is 23.2. The molecule has 1 saturated heterocycles. The lowest BCUT2D eigenvalue weighted by Gasteiger charge is -2.26. The van der Waals surface area contributed by atoms with Gasteiger partial charge in [-0.1, -0.05) is 6.08 Å². The topological polar surface area (TPSA) is 106 Å². The molecule has 1 amide bonds. The summed E-state index contributed by atoms with van der Waals surface area (Å²) in [6.45, 7) is 1.14. The molecule has 10 heteroatoms. The van der Waals surface area contributed by atoms with E-state index in [0.717, 1.165) is 30.6 Å². The fourth-order valence-electron chi connectivity index (χ4n) is 4.43. The number of anilines is 1. The number of ether oxygens (including phenoxy) is 3. The number of hydrogen-bond acceptors (Lipinski definition) is 8. The van der Waals surface area contributed by atoms with Gasteiger partial charge in [-0.2, -0.15) is 10.4 Å². The summed E-state index contributed by atoms with van der Waals surface area (Å²) in [4.78, 5) is 20.7. The summed E-state index contributed by atoms with van der Waals surface area (Å²) < 4.78 is 19.0. The van der Waals surface area contributed by atoms with E-state index in [1.807, 2.05) is 17.2 Å². The van der Waals surface area contributed by atoms with E-state index in [4.69, 9.17) is 14.2 Å². The summed E-state index contributed by atoms with van der Waals surface area (Å²) in [6, 6.07) is 5.55. The number of allylic oxidation sites excluding steroid dienone is 3. The minimum atomic E-state index is -0.116. The molecule has 0 bridgehead atoms. The van der Waals surface area contributed by atoms with Crippen LogP contribution in [0.2, 0.25) is 0 Å². The number of carbonyl (C=O) groups excluding carboxylic acids is 1. The van der Waals surface area contributed by atoms with Gasteiger partial charge in [0.25, 0.3) is 5.91 Å². The largest absolute Gasteiger partial charge is 0.488 e. The van der Waals surface area contributed by atoms with Crippen molar-refractivity contribution in [2.75, 3.05) is 25.1 Å². The fourth-order valence-corrected chi connectivity index (χ4v) is 4.43. The molecule has 2 aliphatic heterocycles. The predicted octanol–water partition coefficient (Wildman–Crippen LogP) is 3.38. The summed E-state index contributed by atoms with van der Waals surface area (Å²) in [6.07, 6.45) is 14.8. The highest BCUT2D eigenvalue weighted by Crippen LogP contribution is 2.33. The maximum Gasteiger partial charge on any atom is 0.272 e. The summed E-state index contributed by atoms with van der Waals surface area (Å²) in [5.74, 6) is 1.64. The van der Waals surface area contributed by atoms with Crippen molar-refractivity contribution in [2.24, 2.45) is 7.05 Å². The first-order valence-corrected chi connectivity index (χ1v) is 11.7. The van der Waals surface area contributed by atoms with Gasteiger partial charge in [-0.3, -0.25) is 9.48 Å². The van der Waals surface area contributed by atoms with Crippen LogP contribution in [0.25, 0.3) is 0 Å². The minimum Gasteiger partial charge on any atom is -0.488 e. The number of amides is 1. The molecule has 0 saturated carbocycles. The second kappa shape index (κ2) is 10.00. The number of hydrogen-bond donors (Lipinski definition) is 0. The summed E-state index contributed by atoms with van der Waals surface area (Å²) >= 11 is 0. The second-order valence-corrected chi connectivity index (χ2v) is 8.57. The van der Waals surface area contributed by atoms with E-state index < -0.39 is 0 Å². The third-order valence-corrected chi connectivity index (χ3v) is 6.31. The first-order chi connectivity index (χ1) is 17.6. The number of pyridine rings is 1. The number of rotatable bonds is 6. The zero-order chi connectivity index (χ0) is 25.1.